The van der Waals surface area contributed by atoms with E-state index in [0.717, 1.165) is 19.3 Å². The minimum Gasteiger partial charge on any atom is -0.508 e. The Morgan fingerprint density at radius 1 is 1.32 bits per heavy atom. The van der Waals surface area contributed by atoms with E-state index in [1.807, 2.05) is 0 Å². The number of carboxylic acids is 1. The molecule has 4 N–H and O–H groups in total. The highest BCUT2D eigenvalue weighted by molar-refractivity contribution is 5.77. The second-order valence-corrected chi connectivity index (χ2v) is 5.70. The maximum absolute atomic E-state index is 11.8. The fraction of sp³-hybridized carbons (Fsp3) is 0.533. The summed E-state index contributed by atoms with van der Waals surface area (Å²) >= 11 is 0. The largest absolute Gasteiger partial charge is 0.508 e. The second-order valence-electron chi connectivity index (χ2n) is 5.70. The van der Waals surface area contributed by atoms with Gasteiger partial charge in [-0.15, -0.1) is 0 Å². The van der Waals surface area contributed by atoms with Gasteiger partial charge in [-0.05, 0) is 37.5 Å². The molecule has 0 saturated heterocycles. The van der Waals surface area contributed by atoms with Gasteiger partial charge in [0.25, 0.3) is 0 Å². The number of rotatable bonds is 3. The van der Waals surface area contributed by atoms with Crippen LogP contribution in [-0.2, 0) is 10.3 Å². The van der Waals surface area contributed by atoms with E-state index >= 15 is 0 Å². The van der Waals surface area contributed by atoms with E-state index in [1.54, 1.807) is 31.2 Å². The molecule has 2 rings (SSSR count). The molecule has 0 radical (unpaired) electrons. The molecule has 0 heterocycles. The minimum atomic E-state index is -0.988. The lowest BCUT2D eigenvalue weighted by molar-refractivity contribution is -0.156. The monoisotopic (exact) mass is 263 g/mol. The number of phenolic OH excluding ortho intramolecular Hbond substituents is 1. The summed E-state index contributed by atoms with van der Waals surface area (Å²) in [5.41, 5.74) is 5.17. The molecular formula is C15H21NO3. The summed E-state index contributed by atoms with van der Waals surface area (Å²) in [6.07, 6.45) is 4.01. The first kappa shape index (κ1) is 13.9. The molecule has 1 unspecified atom stereocenters. The normalized spacial score (nSPS) is 21.6. The Bertz CT molecular complexity index is 476. The second kappa shape index (κ2) is 4.85. The van der Waals surface area contributed by atoms with Gasteiger partial charge in [-0.25, -0.2) is 0 Å². The Hall–Kier alpha value is -1.55. The average Bonchev–Trinajstić information content (AvgIpc) is 2.39. The third-order valence-electron chi connectivity index (χ3n) is 4.56. The van der Waals surface area contributed by atoms with Gasteiger partial charge in [0.1, 0.15) is 5.75 Å². The van der Waals surface area contributed by atoms with Crippen LogP contribution in [0.1, 0.15) is 44.6 Å². The lowest BCUT2D eigenvalue weighted by Gasteiger charge is -2.46. The zero-order chi connectivity index (χ0) is 14.1. The fourth-order valence-corrected chi connectivity index (χ4v) is 3.22. The van der Waals surface area contributed by atoms with Crippen LogP contribution in [0, 0.1) is 5.41 Å². The van der Waals surface area contributed by atoms with Crippen molar-refractivity contribution in [1.82, 2.24) is 0 Å². The molecule has 1 aromatic rings. The first-order chi connectivity index (χ1) is 8.90. The van der Waals surface area contributed by atoms with Gasteiger partial charge in [0.2, 0.25) is 0 Å². The zero-order valence-corrected chi connectivity index (χ0v) is 11.2. The van der Waals surface area contributed by atoms with Crippen LogP contribution in [0.5, 0.6) is 5.75 Å². The number of hydrogen-bond acceptors (Lipinski definition) is 3. The van der Waals surface area contributed by atoms with E-state index in [-0.39, 0.29) is 5.75 Å². The van der Waals surface area contributed by atoms with Crippen LogP contribution in [0.3, 0.4) is 0 Å². The van der Waals surface area contributed by atoms with E-state index in [1.165, 1.54) is 0 Å². The van der Waals surface area contributed by atoms with E-state index in [9.17, 15) is 15.0 Å². The van der Waals surface area contributed by atoms with Crippen LogP contribution in [0.2, 0.25) is 0 Å². The van der Waals surface area contributed by atoms with Crippen LogP contribution < -0.4 is 5.73 Å². The number of nitrogens with two attached hydrogens (primary N) is 1. The lowest BCUT2D eigenvalue weighted by atomic mass is 9.60. The summed E-state index contributed by atoms with van der Waals surface area (Å²) < 4.78 is 0. The Balaban J connectivity index is 2.48. The standard InChI is InChI=1S/C15H21NO3/c1-14(16,11-6-5-7-12(17)10-11)15(13(18)19)8-3-2-4-9-15/h5-7,10,17H,2-4,8-9,16H2,1H3,(H,18,19). The molecule has 4 nitrogen and oxygen atoms in total. The quantitative estimate of drug-likeness (QED) is 0.782. The van der Waals surface area contributed by atoms with Crippen molar-refractivity contribution in [2.24, 2.45) is 11.1 Å². The van der Waals surface area contributed by atoms with Crippen LogP contribution in [0.25, 0.3) is 0 Å². The van der Waals surface area contributed by atoms with E-state index in [4.69, 9.17) is 5.73 Å². The highest BCUT2D eigenvalue weighted by Crippen LogP contribution is 2.49. The Morgan fingerprint density at radius 3 is 2.47 bits per heavy atom. The summed E-state index contributed by atoms with van der Waals surface area (Å²) in [4.78, 5) is 11.8. The van der Waals surface area contributed by atoms with Gasteiger partial charge in [-0.3, -0.25) is 4.79 Å². The summed E-state index contributed by atoms with van der Waals surface area (Å²) in [6.45, 7) is 1.77. The average molecular weight is 263 g/mol. The molecule has 0 aromatic heterocycles. The van der Waals surface area contributed by atoms with Crippen molar-refractivity contribution in [2.45, 2.75) is 44.6 Å². The van der Waals surface area contributed by atoms with Crippen molar-refractivity contribution in [2.75, 3.05) is 0 Å². The van der Waals surface area contributed by atoms with Gasteiger partial charge < -0.3 is 15.9 Å². The minimum absolute atomic E-state index is 0.116. The van der Waals surface area contributed by atoms with E-state index < -0.39 is 16.9 Å². The van der Waals surface area contributed by atoms with Crippen LogP contribution in [0.15, 0.2) is 24.3 Å². The highest BCUT2D eigenvalue weighted by Gasteiger charge is 2.53. The molecule has 104 valence electrons. The number of carboxylic acid groups (broad SMARTS) is 1. The molecule has 0 amide bonds. The molecule has 1 fully saturated rings. The third kappa shape index (κ3) is 2.21. The zero-order valence-electron chi connectivity index (χ0n) is 11.2. The van der Waals surface area contributed by atoms with Crippen molar-refractivity contribution in [3.05, 3.63) is 29.8 Å². The number of aliphatic carboxylic acids is 1. The summed E-state index contributed by atoms with van der Waals surface area (Å²) in [5, 5.41) is 19.3. The molecule has 1 aliphatic carbocycles. The van der Waals surface area contributed by atoms with E-state index in [0.29, 0.717) is 18.4 Å². The predicted molar refractivity (Wildman–Crippen MR) is 72.8 cm³/mol. The van der Waals surface area contributed by atoms with Gasteiger partial charge in [-0.2, -0.15) is 0 Å². The number of aromatic hydroxyl groups is 1. The Kier molecular flexibility index (Phi) is 3.54. The van der Waals surface area contributed by atoms with Crippen LogP contribution >= 0.6 is 0 Å². The lowest BCUT2D eigenvalue weighted by Crippen LogP contribution is -2.55. The molecule has 4 heteroatoms. The van der Waals surface area contributed by atoms with Gasteiger partial charge in [0, 0.05) is 0 Å². The number of benzene rings is 1. The van der Waals surface area contributed by atoms with Crippen molar-refractivity contribution < 1.29 is 15.0 Å². The van der Waals surface area contributed by atoms with Crippen molar-refractivity contribution in [3.63, 3.8) is 0 Å². The molecule has 1 atom stereocenters. The van der Waals surface area contributed by atoms with Crippen molar-refractivity contribution in [1.29, 1.82) is 0 Å². The molecule has 1 aliphatic rings. The Morgan fingerprint density at radius 2 is 1.95 bits per heavy atom. The fourth-order valence-electron chi connectivity index (χ4n) is 3.22. The highest BCUT2D eigenvalue weighted by atomic mass is 16.4. The SMILES string of the molecule is CC(N)(c1cccc(O)c1)C1(C(=O)O)CCCCC1. The molecule has 0 spiro atoms. The molecule has 1 saturated carbocycles. The number of phenols is 1. The molecule has 19 heavy (non-hydrogen) atoms. The summed E-state index contributed by atoms with van der Waals surface area (Å²) in [7, 11) is 0. The summed E-state index contributed by atoms with van der Waals surface area (Å²) in [5.74, 6) is -0.717. The first-order valence-corrected chi connectivity index (χ1v) is 6.72. The predicted octanol–water partition coefficient (Wildman–Crippen LogP) is 2.60. The number of hydrogen-bond donors (Lipinski definition) is 3. The topological polar surface area (TPSA) is 83.5 Å². The summed E-state index contributed by atoms with van der Waals surface area (Å²) in [6, 6.07) is 6.63. The molecular weight excluding hydrogens is 242 g/mol. The third-order valence-corrected chi connectivity index (χ3v) is 4.56. The molecule has 0 aliphatic heterocycles. The maximum Gasteiger partial charge on any atom is 0.311 e. The van der Waals surface area contributed by atoms with Crippen LogP contribution in [-0.4, -0.2) is 16.2 Å². The maximum atomic E-state index is 11.8. The van der Waals surface area contributed by atoms with E-state index in [2.05, 4.69) is 0 Å². The number of carbonyl (C=O) groups is 1. The molecule has 0 bridgehead atoms. The smallest absolute Gasteiger partial charge is 0.311 e. The van der Waals surface area contributed by atoms with Gasteiger partial charge >= 0.3 is 5.97 Å². The Labute approximate surface area is 113 Å². The first-order valence-electron chi connectivity index (χ1n) is 6.72. The van der Waals surface area contributed by atoms with Crippen molar-refractivity contribution >= 4 is 5.97 Å². The molecule has 1 aromatic carbocycles. The van der Waals surface area contributed by atoms with Crippen LogP contribution in [0.4, 0.5) is 0 Å². The van der Waals surface area contributed by atoms with Crippen molar-refractivity contribution in [3.8, 4) is 5.75 Å². The van der Waals surface area contributed by atoms with Gasteiger partial charge in [0.05, 0.1) is 11.0 Å². The van der Waals surface area contributed by atoms with Gasteiger partial charge in [0.15, 0.2) is 0 Å². The van der Waals surface area contributed by atoms with Gasteiger partial charge in [-0.1, -0.05) is 31.4 Å².